The number of hydrogen-bond acceptors (Lipinski definition) is 3. The fourth-order valence-electron chi connectivity index (χ4n) is 1.74. The van der Waals surface area contributed by atoms with Crippen molar-refractivity contribution in [3.63, 3.8) is 0 Å². The third-order valence-corrected chi connectivity index (χ3v) is 2.60. The number of aromatic nitrogens is 2. The van der Waals surface area contributed by atoms with Crippen molar-refractivity contribution in [1.82, 2.24) is 9.97 Å². The normalized spacial score (nSPS) is 10.4. The molecule has 0 fully saturated rings. The summed E-state index contributed by atoms with van der Waals surface area (Å²) in [6, 6.07) is 7.78. The number of nitrogens with two attached hydrogens (primary N) is 1. The molecule has 0 saturated heterocycles. The third-order valence-electron chi connectivity index (χ3n) is 2.60. The van der Waals surface area contributed by atoms with Crippen molar-refractivity contribution in [2.75, 3.05) is 5.73 Å². The zero-order valence-electron chi connectivity index (χ0n) is 9.78. The van der Waals surface area contributed by atoms with E-state index in [4.69, 9.17) is 5.73 Å². The van der Waals surface area contributed by atoms with E-state index in [1.54, 1.807) is 0 Å². The van der Waals surface area contributed by atoms with Crippen molar-refractivity contribution in [3.05, 3.63) is 41.2 Å². The maximum absolute atomic E-state index is 5.88. The quantitative estimate of drug-likeness (QED) is 0.741. The van der Waals surface area contributed by atoms with E-state index in [1.165, 1.54) is 0 Å². The first-order chi connectivity index (χ1) is 7.58. The lowest BCUT2D eigenvalue weighted by molar-refractivity contribution is 1.06. The maximum atomic E-state index is 5.88. The minimum Gasteiger partial charge on any atom is -0.398 e. The molecule has 0 radical (unpaired) electrons. The van der Waals surface area contributed by atoms with E-state index in [9.17, 15) is 0 Å². The Labute approximate surface area is 95.4 Å². The summed E-state index contributed by atoms with van der Waals surface area (Å²) in [7, 11) is 0. The molecule has 1 aromatic heterocycles. The summed E-state index contributed by atoms with van der Waals surface area (Å²) in [4.78, 5) is 8.88. The average molecular weight is 213 g/mol. The maximum Gasteiger partial charge on any atom is 0.159 e. The van der Waals surface area contributed by atoms with Gasteiger partial charge >= 0.3 is 0 Å². The first-order valence-electron chi connectivity index (χ1n) is 5.25. The van der Waals surface area contributed by atoms with Gasteiger partial charge in [-0.3, -0.25) is 0 Å². The minimum absolute atomic E-state index is 0.752. The molecule has 1 heterocycles. The summed E-state index contributed by atoms with van der Waals surface area (Å²) in [6.45, 7) is 5.94. The summed E-state index contributed by atoms with van der Waals surface area (Å²) >= 11 is 0. The van der Waals surface area contributed by atoms with Gasteiger partial charge in [0.25, 0.3) is 0 Å². The highest BCUT2D eigenvalue weighted by Crippen LogP contribution is 2.24. The Bertz CT molecular complexity index is 512. The first kappa shape index (κ1) is 10.6. The lowest BCUT2D eigenvalue weighted by Crippen LogP contribution is -1.98. The Balaban J connectivity index is 2.63. The van der Waals surface area contributed by atoms with Crippen molar-refractivity contribution in [2.45, 2.75) is 20.8 Å². The van der Waals surface area contributed by atoms with Gasteiger partial charge in [-0.25, -0.2) is 9.97 Å². The lowest BCUT2D eigenvalue weighted by atomic mass is 10.1. The number of benzene rings is 1. The molecule has 0 aliphatic rings. The van der Waals surface area contributed by atoms with Gasteiger partial charge in [0.1, 0.15) is 0 Å². The van der Waals surface area contributed by atoms with Crippen LogP contribution in [0.1, 0.15) is 17.0 Å². The van der Waals surface area contributed by atoms with Gasteiger partial charge < -0.3 is 5.73 Å². The molecular weight excluding hydrogens is 198 g/mol. The van der Waals surface area contributed by atoms with Crippen LogP contribution in [0.4, 0.5) is 5.69 Å². The molecule has 2 aromatic rings. The van der Waals surface area contributed by atoms with Crippen molar-refractivity contribution in [1.29, 1.82) is 0 Å². The standard InChI is InChI=1S/C13H15N3/c1-8-7-9(2)16-13(15-8)11-5-4-6-12(14)10(11)3/h4-7H,14H2,1-3H3. The van der Waals surface area contributed by atoms with E-state index >= 15 is 0 Å². The van der Waals surface area contributed by atoms with E-state index in [0.29, 0.717) is 0 Å². The van der Waals surface area contributed by atoms with Crippen LogP contribution in [-0.4, -0.2) is 9.97 Å². The largest absolute Gasteiger partial charge is 0.398 e. The second-order valence-electron chi connectivity index (χ2n) is 3.99. The monoisotopic (exact) mass is 213 g/mol. The molecule has 3 nitrogen and oxygen atoms in total. The van der Waals surface area contributed by atoms with E-state index in [1.807, 2.05) is 45.0 Å². The Morgan fingerprint density at radius 3 is 2.25 bits per heavy atom. The molecule has 0 aliphatic carbocycles. The first-order valence-corrected chi connectivity index (χ1v) is 5.25. The summed E-state index contributed by atoms with van der Waals surface area (Å²) in [5.41, 5.74) is 10.7. The molecular formula is C13H15N3. The molecule has 0 aliphatic heterocycles. The Hall–Kier alpha value is -1.90. The van der Waals surface area contributed by atoms with E-state index in [-0.39, 0.29) is 0 Å². The molecule has 0 unspecified atom stereocenters. The van der Waals surface area contributed by atoms with Gasteiger partial charge in [-0.1, -0.05) is 12.1 Å². The van der Waals surface area contributed by atoms with Crippen LogP contribution in [0, 0.1) is 20.8 Å². The molecule has 2 rings (SSSR count). The number of anilines is 1. The number of hydrogen-bond donors (Lipinski definition) is 1. The van der Waals surface area contributed by atoms with Crippen LogP contribution < -0.4 is 5.73 Å². The lowest BCUT2D eigenvalue weighted by Gasteiger charge is -2.08. The highest BCUT2D eigenvalue weighted by Gasteiger charge is 2.07. The van der Waals surface area contributed by atoms with Crippen molar-refractivity contribution in [2.24, 2.45) is 0 Å². The molecule has 16 heavy (non-hydrogen) atoms. The predicted octanol–water partition coefficient (Wildman–Crippen LogP) is 2.65. The Morgan fingerprint density at radius 1 is 1.00 bits per heavy atom. The van der Waals surface area contributed by atoms with Gasteiger partial charge in [-0.05, 0) is 38.5 Å². The fraction of sp³-hybridized carbons (Fsp3) is 0.231. The Kier molecular flexibility index (Phi) is 2.60. The van der Waals surface area contributed by atoms with Crippen molar-refractivity contribution in [3.8, 4) is 11.4 Å². The SMILES string of the molecule is Cc1cc(C)nc(-c2cccc(N)c2C)n1. The smallest absolute Gasteiger partial charge is 0.159 e. The van der Waals surface area contributed by atoms with Crippen molar-refractivity contribution >= 4 is 5.69 Å². The van der Waals surface area contributed by atoms with Gasteiger partial charge in [0, 0.05) is 22.6 Å². The molecule has 0 spiro atoms. The minimum atomic E-state index is 0.752. The number of aryl methyl sites for hydroxylation is 2. The van der Waals surface area contributed by atoms with Gasteiger partial charge in [0.15, 0.2) is 5.82 Å². The molecule has 2 N–H and O–H groups in total. The predicted molar refractivity (Wildman–Crippen MR) is 66.1 cm³/mol. The van der Waals surface area contributed by atoms with Gasteiger partial charge in [0.2, 0.25) is 0 Å². The summed E-state index contributed by atoms with van der Waals surface area (Å²) in [6.07, 6.45) is 0. The van der Waals surface area contributed by atoms with Gasteiger partial charge in [-0.15, -0.1) is 0 Å². The molecule has 0 saturated carbocycles. The second-order valence-corrected chi connectivity index (χ2v) is 3.99. The summed E-state index contributed by atoms with van der Waals surface area (Å²) < 4.78 is 0. The summed E-state index contributed by atoms with van der Waals surface area (Å²) in [5, 5.41) is 0. The number of nitrogens with zero attached hydrogens (tertiary/aromatic N) is 2. The Morgan fingerprint density at radius 2 is 1.62 bits per heavy atom. The third kappa shape index (κ3) is 1.89. The highest BCUT2D eigenvalue weighted by molar-refractivity contribution is 5.67. The highest BCUT2D eigenvalue weighted by atomic mass is 14.9. The van der Waals surface area contributed by atoms with Crippen LogP contribution in [0.3, 0.4) is 0 Å². The number of nitrogen functional groups attached to an aromatic ring is 1. The second kappa shape index (κ2) is 3.93. The molecule has 0 bridgehead atoms. The molecule has 1 aromatic carbocycles. The number of rotatable bonds is 1. The van der Waals surface area contributed by atoms with Crippen LogP contribution in [0.5, 0.6) is 0 Å². The average Bonchev–Trinajstić information content (AvgIpc) is 2.20. The van der Waals surface area contributed by atoms with Gasteiger partial charge in [-0.2, -0.15) is 0 Å². The van der Waals surface area contributed by atoms with Crippen LogP contribution in [0.25, 0.3) is 11.4 Å². The van der Waals surface area contributed by atoms with Crippen molar-refractivity contribution < 1.29 is 0 Å². The van der Waals surface area contributed by atoms with Crippen LogP contribution in [0.15, 0.2) is 24.3 Å². The molecule has 0 atom stereocenters. The van der Waals surface area contributed by atoms with Crippen LogP contribution in [0.2, 0.25) is 0 Å². The van der Waals surface area contributed by atoms with Gasteiger partial charge in [0.05, 0.1) is 0 Å². The zero-order valence-corrected chi connectivity index (χ0v) is 9.78. The molecule has 0 amide bonds. The van der Waals surface area contributed by atoms with E-state index < -0.39 is 0 Å². The van der Waals surface area contributed by atoms with Crippen LogP contribution in [-0.2, 0) is 0 Å². The fourth-order valence-corrected chi connectivity index (χ4v) is 1.74. The van der Waals surface area contributed by atoms with E-state index in [2.05, 4.69) is 9.97 Å². The topological polar surface area (TPSA) is 51.8 Å². The molecule has 82 valence electrons. The van der Waals surface area contributed by atoms with Crippen LogP contribution >= 0.6 is 0 Å². The molecule has 3 heteroatoms. The van der Waals surface area contributed by atoms with E-state index in [0.717, 1.165) is 34.0 Å². The summed E-state index contributed by atoms with van der Waals surface area (Å²) in [5.74, 6) is 0.752. The zero-order chi connectivity index (χ0) is 11.7.